The van der Waals surface area contributed by atoms with Gasteiger partial charge < -0.3 is 10.2 Å². The number of rotatable bonds is 3. The topological polar surface area (TPSA) is 32.3 Å². The molecule has 3 heteroatoms. The van der Waals surface area contributed by atoms with Crippen molar-refractivity contribution >= 4 is 5.91 Å². The van der Waals surface area contributed by atoms with Gasteiger partial charge in [0.15, 0.2) is 0 Å². The van der Waals surface area contributed by atoms with Crippen molar-refractivity contribution in [2.45, 2.75) is 50.2 Å². The number of likely N-dealkylation sites (N-methyl/N-ethyl adjacent to an activating group) is 1. The first-order valence-electron chi connectivity index (χ1n) is 7.28. The summed E-state index contributed by atoms with van der Waals surface area (Å²) in [7, 11) is 1.97. The van der Waals surface area contributed by atoms with Crippen LogP contribution in [0.3, 0.4) is 0 Å². The molecule has 2 saturated heterocycles. The SMILES string of the molecule is CN(C(=O)Cc1ccccc1)[C@H]1C[C@H]2CC[C@@H](C1)N2. The Morgan fingerprint density at radius 1 is 1.21 bits per heavy atom. The predicted octanol–water partition coefficient (Wildman–Crippen LogP) is 1.97. The fourth-order valence-corrected chi connectivity index (χ4v) is 3.44. The number of amides is 1. The number of piperidine rings is 1. The number of nitrogens with one attached hydrogen (secondary N) is 1. The van der Waals surface area contributed by atoms with Crippen LogP contribution < -0.4 is 5.32 Å². The largest absolute Gasteiger partial charge is 0.342 e. The van der Waals surface area contributed by atoms with Gasteiger partial charge in [-0.15, -0.1) is 0 Å². The number of nitrogens with zero attached hydrogens (tertiary/aromatic N) is 1. The highest BCUT2D eigenvalue weighted by atomic mass is 16.2. The average molecular weight is 258 g/mol. The van der Waals surface area contributed by atoms with Crippen LogP contribution >= 0.6 is 0 Å². The van der Waals surface area contributed by atoms with Gasteiger partial charge in [-0.2, -0.15) is 0 Å². The van der Waals surface area contributed by atoms with Crippen LogP contribution in [0.5, 0.6) is 0 Å². The normalized spacial score (nSPS) is 29.2. The summed E-state index contributed by atoms with van der Waals surface area (Å²) >= 11 is 0. The molecule has 0 saturated carbocycles. The maximum atomic E-state index is 12.4. The highest BCUT2D eigenvalue weighted by Gasteiger charge is 2.36. The predicted molar refractivity (Wildman–Crippen MR) is 75.9 cm³/mol. The zero-order valence-electron chi connectivity index (χ0n) is 11.5. The molecule has 102 valence electrons. The molecule has 3 nitrogen and oxygen atoms in total. The summed E-state index contributed by atoms with van der Waals surface area (Å²) in [6.45, 7) is 0. The van der Waals surface area contributed by atoms with Crippen LogP contribution in [0.1, 0.15) is 31.2 Å². The molecule has 19 heavy (non-hydrogen) atoms. The Kier molecular flexibility index (Phi) is 3.56. The van der Waals surface area contributed by atoms with E-state index in [1.54, 1.807) is 0 Å². The number of benzene rings is 1. The molecule has 2 heterocycles. The molecular formula is C16H22N2O. The maximum absolute atomic E-state index is 12.4. The van der Waals surface area contributed by atoms with E-state index in [0.717, 1.165) is 18.4 Å². The summed E-state index contributed by atoms with van der Waals surface area (Å²) in [5, 5.41) is 3.63. The van der Waals surface area contributed by atoms with Crippen molar-refractivity contribution in [1.29, 1.82) is 0 Å². The molecule has 1 N–H and O–H groups in total. The summed E-state index contributed by atoms with van der Waals surface area (Å²) in [6.07, 6.45) is 5.32. The van der Waals surface area contributed by atoms with Crippen molar-refractivity contribution in [2.24, 2.45) is 0 Å². The summed E-state index contributed by atoms with van der Waals surface area (Å²) in [4.78, 5) is 14.3. The van der Waals surface area contributed by atoms with Gasteiger partial charge in [0.05, 0.1) is 6.42 Å². The molecule has 2 bridgehead atoms. The number of hydrogen-bond donors (Lipinski definition) is 1. The molecule has 0 aromatic heterocycles. The number of fused-ring (bicyclic) bond motifs is 2. The van der Waals surface area contributed by atoms with Gasteiger partial charge in [-0.1, -0.05) is 30.3 Å². The van der Waals surface area contributed by atoms with Gasteiger partial charge in [-0.25, -0.2) is 0 Å². The first-order chi connectivity index (χ1) is 9.22. The lowest BCUT2D eigenvalue weighted by molar-refractivity contribution is -0.131. The fourth-order valence-electron chi connectivity index (χ4n) is 3.44. The van der Waals surface area contributed by atoms with E-state index in [9.17, 15) is 4.79 Å². The van der Waals surface area contributed by atoms with Gasteiger partial charge in [-0.05, 0) is 31.2 Å². The molecule has 0 spiro atoms. The molecule has 2 fully saturated rings. The molecule has 1 aromatic rings. The summed E-state index contributed by atoms with van der Waals surface area (Å²) in [5.41, 5.74) is 1.11. The van der Waals surface area contributed by atoms with Gasteiger partial charge in [0.2, 0.25) is 5.91 Å². The Labute approximate surface area is 115 Å². The van der Waals surface area contributed by atoms with Crippen LogP contribution in [0, 0.1) is 0 Å². The van der Waals surface area contributed by atoms with Crippen molar-refractivity contribution < 1.29 is 4.79 Å². The van der Waals surface area contributed by atoms with Crippen LogP contribution in [-0.2, 0) is 11.2 Å². The quantitative estimate of drug-likeness (QED) is 0.899. The Hall–Kier alpha value is -1.35. The van der Waals surface area contributed by atoms with E-state index in [4.69, 9.17) is 0 Å². The Bertz CT molecular complexity index is 433. The smallest absolute Gasteiger partial charge is 0.226 e. The van der Waals surface area contributed by atoms with E-state index in [1.165, 1.54) is 12.8 Å². The monoisotopic (exact) mass is 258 g/mol. The van der Waals surface area contributed by atoms with E-state index >= 15 is 0 Å². The zero-order valence-corrected chi connectivity index (χ0v) is 11.5. The molecular weight excluding hydrogens is 236 g/mol. The second-order valence-electron chi connectivity index (χ2n) is 5.93. The van der Waals surface area contributed by atoms with Crippen LogP contribution in [0.4, 0.5) is 0 Å². The first kappa shape index (κ1) is 12.7. The minimum atomic E-state index is 0.248. The summed E-state index contributed by atoms with van der Waals surface area (Å²) in [5.74, 6) is 0.248. The third-order valence-electron chi connectivity index (χ3n) is 4.59. The minimum Gasteiger partial charge on any atom is -0.342 e. The molecule has 1 amide bonds. The van der Waals surface area contributed by atoms with Gasteiger partial charge >= 0.3 is 0 Å². The van der Waals surface area contributed by atoms with E-state index in [0.29, 0.717) is 24.5 Å². The van der Waals surface area contributed by atoms with Gasteiger partial charge in [0.1, 0.15) is 0 Å². The molecule has 2 aliphatic rings. The van der Waals surface area contributed by atoms with Gasteiger partial charge in [-0.3, -0.25) is 4.79 Å². The first-order valence-corrected chi connectivity index (χ1v) is 7.28. The highest BCUT2D eigenvalue weighted by molar-refractivity contribution is 5.78. The van der Waals surface area contributed by atoms with Crippen molar-refractivity contribution in [3.05, 3.63) is 35.9 Å². The van der Waals surface area contributed by atoms with Crippen LogP contribution in [0.15, 0.2) is 30.3 Å². The van der Waals surface area contributed by atoms with Gasteiger partial charge in [0.25, 0.3) is 0 Å². The van der Waals surface area contributed by atoms with Crippen LogP contribution in [0.25, 0.3) is 0 Å². The fraction of sp³-hybridized carbons (Fsp3) is 0.562. The van der Waals surface area contributed by atoms with Crippen LogP contribution in [-0.4, -0.2) is 36.0 Å². The standard InChI is InChI=1S/C16H22N2O/c1-18(15-10-13-7-8-14(11-15)17-13)16(19)9-12-5-3-2-4-6-12/h2-6,13-15,17H,7-11H2,1H3/t13-,14+,15+. The molecule has 3 rings (SSSR count). The molecule has 0 radical (unpaired) electrons. The molecule has 0 unspecified atom stereocenters. The Morgan fingerprint density at radius 3 is 2.47 bits per heavy atom. The highest BCUT2D eigenvalue weighted by Crippen LogP contribution is 2.29. The molecule has 2 aliphatic heterocycles. The van der Waals surface area contributed by atoms with Crippen molar-refractivity contribution in [2.75, 3.05) is 7.05 Å². The van der Waals surface area contributed by atoms with E-state index in [-0.39, 0.29) is 5.91 Å². The maximum Gasteiger partial charge on any atom is 0.226 e. The number of carbonyl (C=O) groups excluding carboxylic acids is 1. The lowest BCUT2D eigenvalue weighted by Crippen LogP contribution is -2.49. The van der Waals surface area contributed by atoms with Gasteiger partial charge in [0, 0.05) is 25.2 Å². The number of carbonyl (C=O) groups is 1. The molecule has 3 atom stereocenters. The lowest BCUT2D eigenvalue weighted by Gasteiger charge is -2.35. The lowest BCUT2D eigenvalue weighted by atomic mass is 9.98. The van der Waals surface area contributed by atoms with Crippen molar-refractivity contribution in [3.63, 3.8) is 0 Å². The van der Waals surface area contributed by atoms with Crippen molar-refractivity contribution in [3.8, 4) is 0 Å². The third kappa shape index (κ3) is 2.81. The minimum absolute atomic E-state index is 0.248. The summed E-state index contributed by atoms with van der Waals surface area (Å²) < 4.78 is 0. The summed E-state index contributed by atoms with van der Waals surface area (Å²) in [6, 6.07) is 11.7. The Morgan fingerprint density at radius 2 is 1.84 bits per heavy atom. The second-order valence-corrected chi connectivity index (χ2v) is 5.93. The van der Waals surface area contributed by atoms with Crippen molar-refractivity contribution in [1.82, 2.24) is 10.2 Å². The molecule has 0 aliphatic carbocycles. The van der Waals surface area contributed by atoms with E-state index in [1.807, 2.05) is 42.3 Å². The third-order valence-corrected chi connectivity index (χ3v) is 4.59. The molecule has 1 aromatic carbocycles. The zero-order chi connectivity index (χ0) is 13.2. The number of hydrogen-bond acceptors (Lipinski definition) is 2. The van der Waals surface area contributed by atoms with E-state index < -0.39 is 0 Å². The van der Waals surface area contributed by atoms with E-state index in [2.05, 4.69) is 5.32 Å². The average Bonchev–Trinajstić information content (AvgIpc) is 2.77. The Balaban J connectivity index is 1.60. The second kappa shape index (κ2) is 5.33. The van der Waals surface area contributed by atoms with Crippen LogP contribution in [0.2, 0.25) is 0 Å².